The fourth-order valence-electron chi connectivity index (χ4n) is 1.80. The molecule has 0 atom stereocenters. The first-order chi connectivity index (χ1) is 10.3. The van der Waals surface area contributed by atoms with Crippen LogP contribution in [0.1, 0.15) is 5.69 Å². The number of hydrogen-bond acceptors (Lipinski definition) is 5. The van der Waals surface area contributed by atoms with Crippen LogP contribution >= 0.6 is 11.3 Å². The van der Waals surface area contributed by atoms with Crippen molar-refractivity contribution in [3.05, 3.63) is 39.9 Å². The maximum absolute atomic E-state index is 12.6. The Morgan fingerprint density at radius 2 is 2.09 bits per heavy atom. The Bertz CT molecular complexity index is 879. The van der Waals surface area contributed by atoms with Crippen molar-refractivity contribution in [2.45, 2.75) is 6.18 Å². The Morgan fingerprint density at radius 3 is 2.68 bits per heavy atom. The van der Waals surface area contributed by atoms with E-state index in [4.69, 9.17) is 0 Å². The van der Waals surface area contributed by atoms with E-state index in [0.29, 0.717) is 5.82 Å². The van der Waals surface area contributed by atoms with Crippen LogP contribution in [0, 0.1) is 0 Å². The van der Waals surface area contributed by atoms with Gasteiger partial charge in [0.2, 0.25) is 0 Å². The molecule has 0 saturated carbocycles. The van der Waals surface area contributed by atoms with Gasteiger partial charge in [0.25, 0.3) is 5.56 Å². The number of aryl methyl sites for hydroxylation is 1. The van der Waals surface area contributed by atoms with Crippen molar-refractivity contribution in [2.24, 2.45) is 7.05 Å². The molecular weight excluding hydrogens is 319 g/mol. The molecule has 0 aliphatic rings. The van der Waals surface area contributed by atoms with Gasteiger partial charge in [-0.3, -0.25) is 4.79 Å². The van der Waals surface area contributed by atoms with Crippen LogP contribution in [0.4, 0.5) is 13.2 Å². The van der Waals surface area contributed by atoms with Crippen LogP contribution in [0.15, 0.2) is 28.6 Å². The number of thiazole rings is 1. The molecule has 0 aromatic carbocycles. The number of nitrogens with one attached hydrogen (secondary N) is 1. The van der Waals surface area contributed by atoms with Gasteiger partial charge in [-0.2, -0.15) is 13.2 Å². The second-order valence-corrected chi connectivity index (χ2v) is 5.23. The average molecular weight is 327 g/mol. The molecule has 6 nitrogen and oxygen atoms in total. The van der Waals surface area contributed by atoms with Gasteiger partial charge >= 0.3 is 6.18 Å². The van der Waals surface area contributed by atoms with Crippen molar-refractivity contribution in [1.29, 1.82) is 0 Å². The van der Waals surface area contributed by atoms with Gasteiger partial charge in [-0.1, -0.05) is 0 Å². The standard InChI is InChI=1S/C12H8F3N5OS/c1-20-3-2-16-10(20)6-4-8(21)19-9(17-6)11-18-7(5-22-11)12(13,14)15/h2-5H,1H3,(H,17,19,21). The van der Waals surface area contributed by atoms with Crippen LogP contribution in [0.5, 0.6) is 0 Å². The van der Waals surface area contributed by atoms with Crippen molar-refractivity contribution in [2.75, 3.05) is 0 Å². The van der Waals surface area contributed by atoms with E-state index < -0.39 is 17.4 Å². The summed E-state index contributed by atoms with van der Waals surface area (Å²) in [5, 5.41) is 0.864. The minimum Gasteiger partial charge on any atom is -0.333 e. The average Bonchev–Trinajstić information content (AvgIpc) is 3.05. The third kappa shape index (κ3) is 2.64. The number of alkyl halides is 3. The highest BCUT2D eigenvalue weighted by molar-refractivity contribution is 7.13. The highest BCUT2D eigenvalue weighted by Gasteiger charge is 2.34. The van der Waals surface area contributed by atoms with Gasteiger partial charge in [0.1, 0.15) is 5.69 Å². The SMILES string of the molecule is Cn1ccnc1-c1cc(=O)[nH]c(-c2nc(C(F)(F)F)cs2)n1. The normalized spacial score (nSPS) is 11.8. The Morgan fingerprint density at radius 1 is 1.32 bits per heavy atom. The van der Waals surface area contributed by atoms with E-state index in [-0.39, 0.29) is 16.5 Å². The van der Waals surface area contributed by atoms with Gasteiger partial charge in [-0.15, -0.1) is 11.3 Å². The molecule has 3 heterocycles. The molecule has 3 aromatic heterocycles. The van der Waals surface area contributed by atoms with E-state index in [9.17, 15) is 18.0 Å². The quantitative estimate of drug-likeness (QED) is 0.783. The summed E-state index contributed by atoms with van der Waals surface area (Å²) in [6, 6.07) is 1.23. The minimum absolute atomic E-state index is 0.0134. The second-order valence-electron chi connectivity index (χ2n) is 4.38. The number of nitrogens with zero attached hydrogens (tertiary/aromatic N) is 4. The highest BCUT2D eigenvalue weighted by Crippen LogP contribution is 2.32. The molecular formula is C12H8F3N5OS. The van der Waals surface area contributed by atoms with E-state index in [1.165, 1.54) is 12.3 Å². The summed E-state index contributed by atoms with van der Waals surface area (Å²) in [4.78, 5) is 25.8. The zero-order valence-corrected chi connectivity index (χ0v) is 11.9. The monoisotopic (exact) mass is 327 g/mol. The fraction of sp³-hybridized carbons (Fsp3) is 0.167. The first-order valence-electron chi connectivity index (χ1n) is 5.97. The lowest BCUT2D eigenvalue weighted by Gasteiger charge is -2.03. The maximum atomic E-state index is 12.6. The molecule has 0 amide bonds. The molecule has 0 saturated heterocycles. The molecule has 0 bridgehead atoms. The zero-order valence-electron chi connectivity index (χ0n) is 11.0. The summed E-state index contributed by atoms with van der Waals surface area (Å²) >= 11 is 0.757. The summed E-state index contributed by atoms with van der Waals surface area (Å²) in [5.74, 6) is 0.408. The van der Waals surface area contributed by atoms with Crippen LogP contribution in [0.3, 0.4) is 0 Å². The summed E-state index contributed by atoms with van der Waals surface area (Å²) in [7, 11) is 1.72. The number of rotatable bonds is 2. The number of aromatic amines is 1. The number of hydrogen-bond donors (Lipinski definition) is 1. The largest absolute Gasteiger partial charge is 0.434 e. The van der Waals surface area contributed by atoms with E-state index >= 15 is 0 Å². The van der Waals surface area contributed by atoms with Gasteiger partial charge in [-0.25, -0.2) is 15.0 Å². The van der Waals surface area contributed by atoms with Crippen LogP contribution in [0.25, 0.3) is 22.4 Å². The third-order valence-corrected chi connectivity index (χ3v) is 3.64. The summed E-state index contributed by atoms with van der Waals surface area (Å²) in [5.41, 5.74) is -1.25. The molecule has 3 rings (SSSR count). The Labute approximate surface area is 125 Å². The maximum Gasteiger partial charge on any atom is 0.434 e. The Hall–Kier alpha value is -2.49. The van der Waals surface area contributed by atoms with Crippen molar-refractivity contribution < 1.29 is 13.2 Å². The van der Waals surface area contributed by atoms with Crippen molar-refractivity contribution in [3.8, 4) is 22.4 Å². The molecule has 10 heteroatoms. The molecule has 0 spiro atoms. The predicted octanol–water partition coefficient (Wildman–Crippen LogP) is 2.31. The summed E-state index contributed by atoms with van der Waals surface area (Å²) < 4.78 is 39.4. The van der Waals surface area contributed by atoms with Crippen molar-refractivity contribution >= 4 is 11.3 Å². The molecule has 0 fully saturated rings. The first-order valence-corrected chi connectivity index (χ1v) is 6.85. The molecule has 0 aliphatic heterocycles. The molecule has 1 N–H and O–H groups in total. The minimum atomic E-state index is -4.54. The molecule has 3 aromatic rings. The van der Waals surface area contributed by atoms with Gasteiger partial charge in [0.05, 0.1) is 0 Å². The molecule has 0 aliphatic carbocycles. The lowest BCUT2D eigenvalue weighted by Crippen LogP contribution is -2.10. The first kappa shape index (κ1) is 14.4. The topological polar surface area (TPSA) is 76.5 Å². The Balaban J connectivity index is 2.09. The Kier molecular flexibility index (Phi) is 3.32. The number of aromatic nitrogens is 5. The van der Waals surface area contributed by atoms with Gasteiger partial charge in [0.15, 0.2) is 22.4 Å². The van der Waals surface area contributed by atoms with E-state index in [2.05, 4.69) is 19.9 Å². The van der Waals surface area contributed by atoms with Crippen molar-refractivity contribution in [1.82, 2.24) is 24.5 Å². The van der Waals surface area contributed by atoms with E-state index in [0.717, 1.165) is 16.7 Å². The second kappa shape index (κ2) is 5.05. The fourth-order valence-corrected chi connectivity index (χ4v) is 2.57. The van der Waals surface area contributed by atoms with Gasteiger partial charge in [0, 0.05) is 30.9 Å². The number of H-pyrrole nitrogens is 1. The highest BCUT2D eigenvalue weighted by atomic mass is 32.1. The smallest absolute Gasteiger partial charge is 0.333 e. The molecule has 0 radical (unpaired) electrons. The summed E-state index contributed by atoms with van der Waals surface area (Å²) in [6.07, 6.45) is -1.33. The van der Waals surface area contributed by atoms with Crippen LogP contribution in [-0.4, -0.2) is 24.5 Å². The molecule has 114 valence electrons. The van der Waals surface area contributed by atoms with E-state index in [1.54, 1.807) is 17.8 Å². The molecule has 22 heavy (non-hydrogen) atoms. The lowest BCUT2D eigenvalue weighted by atomic mass is 10.3. The number of imidazole rings is 1. The van der Waals surface area contributed by atoms with E-state index in [1.807, 2.05) is 0 Å². The lowest BCUT2D eigenvalue weighted by molar-refractivity contribution is -0.140. The van der Waals surface area contributed by atoms with Crippen molar-refractivity contribution in [3.63, 3.8) is 0 Å². The summed E-state index contributed by atoms with van der Waals surface area (Å²) in [6.45, 7) is 0. The van der Waals surface area contributed by atoms with Crippen LogP contribution < -0.4 is 5.56 Å². The van der Waals surface area contributed by atoms with Crippen LogP contribution in [-0.2, 0) is 13.2 Å². The van der Waals surface area contributed by atoms with Gasteiger partial charge in [-0.05, 0) is 0 Å². The number of halogens is 3. The van der Waals surface area contributed by atoms with Crippen LogP contribution in [0.2, 0.25) is 0 Å². The molecule has 0 unspecified atom stereocenters. The zero-order chi connectivity index (χ0) is 15.9. The van der Waals surface area contributed by atoms with Gasteiger partial charge < -0.3 is 9.55 Å². The third-order valence-electron chi connectivity index (χ3n) is 2.79. The predicted molar refractivity (Wildman–Crippen MR) is 73.2 cm³/mol.